The molecule has 0 radical (unpaired) electrons. The number of hydrogen-bond acceptors (Lipinski definition) is 3. The van der Waals surface area contributed by atoms with E-state index in [0.29, 0.717) is 44.0 Å². The SMILES string of the molecule is Cn1c(CC(=O)N2CCOCC2)c2n(c1=S)C[C@@]1(c3cc(Br)ccc3F)CC21. The Morgan fingerprint density at radius 3 is 2.89 bits per heavy atom. The van der Waals surface area contributed by atoms with Gasteiger partial charge in [0, 0.05) is 53.9 Å². The molecule has 1 aliphatic carbocycles. The minimum absolute atomic E-state index is 0.106. The monoisotopic (exact) mass is 465 g/mol. The zero-order valence-corrected chi connectivity index (χ0v) is 18.0. The van der Waals surface area contributed by atoms with Crippen molar-refractivity contribution in [1.29, 1.82) is 0 Å². The molecule has 28 heavy (non-hydrogen) atoms. The summed E-state index contributed by atoms with van der Waals surface area (Å²) >= 11 is 9.13. The largest absolute Gasteiger partial charge is 0.378 e. The highest BCUT2D eigenvalue weighted by Gasteiger charge is 2.63. The van der Waals surface area contributed by atoms with Gasteiger partial charge in [0.15, 0.2) is 4.77 Å². The Morgan fingerprint density at radius 1 is 1.39 bits per heavy atom. The first-order valence-corrected chi connectivity index (χ1v) is 10.7. The average Bonchev–Trinajstić information content (AvgIpc) is 3.26. The first kappa shape index (κ1) is 18.5. The van der Waals surface area contributed by atoms with E-state index in [4.69, 9.17) is 17.0 Å². The van der Waals surface area contributed by atoms with Gasteiger partial charge in [0.2, 0.25) is 5.91 Å². The predicted octanol–water partition coefficient (Wildman–Crippen LogP) is 3.30. The molecule has 2 aliphatic heterocycles. The first-order chi connectivity index (χ1) is 13.4. The number of benzene rings is 1. The van der Waals surface area contributed by atoms with Crippen LogP contribution in [-0.2, 0) is 35.0 Å². The molecule has 5 rings (SSSR count). The molecule has 3 aliphatic rings. The number of fused-ring (bicyclic) bond motifs is 3. The van der Waals surface area contributed by atoms with E-state index in [1.165, 1.54) is 6.07 Å². The summed E-state index contributed by atoms with van der Waals surface area (Å²) in [6, 6.07) is 5.14. The van der Waals surface area contributed by atoms with Gasteiger partial charge in [0.1, 0.15) is 5.82 Å². The zero-order chi connectivity index (χ0) is 19.6. The van der Waals surface area contributed by atoms with Crippen LogP contribution in [-0.4, -0.2) is 46.2 Å². The van der Waals surface area contributed by atoms with Crippen LogP contribution in [0.4, 0.5) is 4.39 Å². The van der Waals surface area contributed by atoms with Crippen LogP contribution in [0.5, 0.6) is 0 Å². The second-order valence-corrected chi connectivity index (χ2v) is 9.25. The van der Waals surface area contributed by atoms with Gasteiger partial charge in [-0.25, -0.2) is 4.39 Å². The fourth-order valence-corrected chi connectivity index (χ4v) is 5.56. The summed E-state index contributed by atoms with van der Waals surface area (Å²) < 4.78 is 25.6. The normalized spacial score (nSPS) is 25.5. The second kappa shape index (κ2) is 6.50. The number of imidazole rings is 1. The molecule has 2 fully saturated rings. The standard InChI is InChI=1S/C20H21BrFN3O2S/c1-23-16(9-17(26)24-4-6-27-7-5-24)18-14-10-20(14,11-25(18)19(23)28)13-8-12(21)2-3-15(13)22/h2-3,8,14H,4-7,9-11H2,1H3/t14?,20-/m1/s1. The van der Waals surface area contributed by atoms with Crippen molar-refractivity contribution in [3.63, 3.8) is 0 Å². The van der Waals surface area contributed by atoms with Crippen molar-refractivity contribution in [2.75, 3.05) is 26.3 Å². The highest BCUT2D eigenvalue weighted by Crippen LogP contribution is 2.66. The number of halogens is 2. The summed E-state index contributed by atoms with van der Waals surface area (Å²) in [5.74, 6) is 0.151. The Hall–Kier alpha value is -1.51. The van der Waals surface area contributed by atoms with Crippen molar-refractivity contribution in [2.45, 2.75) is 30.7 Å². The molecule has 1 amide bonds. The van der Waals surface area contributed by atoms with Gasteiger partial charge in [-0.15, -0.1) is 0 Å². The number of rotatable bonds is 3. The molecule has 1 unspecified atom stereocenters. The molecular formula is C20H21BrFN3O2S. The number of ether oxygens (including phenoxy) is 1. The van der Waals surface area contributed by atoms with E-state index in [2.05, 4.69) is 20.5 Å². The fraction of sp³-hybridized carbons (Fsp3) is 0.500. The summed E-state index contributed by atoms with van der Waals surface area (Å²) in [6.45, 7) is 3.13. The lowest BCUT2D eigenvalue weighted by atomic mass is 9.93. The van der Waals surface area contributed by atoms with Crippen molar-refractivity contribution >= 4 is 34.1 Å². The molecule has 5 nitrogen and oxygen atoms in total. The van der Waals surface area contributed by atoms with Crippen LogP contribution in [0.1, 0.15) is 29.3 Å². The molecule has 0 spiro atoms. The van der Waals surface area contributed by atoms with E-state index >= 15 is 0 Å². The Bertz CT molecular complexity index is 1040. The van der Waals surface area contributed by atoms with Gasteiger partial charge in [-0.2, -0.15) is 0 Å². The number of carbonyl (C=O) groups is 1. The molecule has 8 heteroatoms. The molecule has 2 aromatic rings. The zero-order valence-electron chi connectivity index (χ0n) is 15.6. The van der Waals surface area contributed by atoms with Gasteiger partial charge >= 0.3 is 0 Å². The van der Waals surface area contributed by atoms with Crippen LogP contribution in [0.25, 0.3) is 0 Å². The third-order valence-electron chi connectivity index (χ3n) is 6.50. The Labute approximate surface area is 176 Å². The maximum absolute atomic E-state index is 14.6. The molecule has 0 N–H and O–H groups in total. The van der Waals surface area contributed by atoms with Gasteiger partial charge in [0.05, 0.1) is 19.6 Å². The highest BCUT2D eigenvalue weighted by molar-refractivity contribution is 9.10. The van der Waals surface area contributed by atoms with Gasteiger partial charge in [-0.3, -0.25) is 4.79 Å². The number of hydrogen-bond donors (Lipinski definition) is 0. The number of morpholine rings is 1. The molecule has 0 bridgehead atoms. The van der Waals surface area contributed by atoms with Crippen LogP contribution < -0.4 is 0 Å². The molecule has 2 atom stereocenters. The fourth-order valence-electron chi connectivity index (χ4n) is 4.93. The van der Waals surface area contributed by atoms with E-state index in [-0.39, 0.29) is 23.1 Å². The summed E-state index contributed by atoms with van der Waals surface area (Å²) in [5, 5.41) is 0. The first-order valence-electron chi connectivity index (χ1n) is 9.52. The van der Waals surface area contributed by atoms with Crippen LogP contribution >= 0.6 is 28.1 Å². The minimum atomic E-state index is -0.234. The Kier molecular flexibility index (Phi) is 4.30. The smallest absolute Gasteiger partial charge is 0.228 e. The molecule has 1 aromatic carbocycles. The lowest BCUT2D eigenvalue weighted by molar-refractivity contribution is -0.134. The molecular weight excluding hydrogens is 445 g/mol. The van der Waals surface area contributed by atoms with Crippen molar-refractivity contribution in [3.8, 4) is 0 Å². The molecule has 1 aromatic heterocycles. The van der Waals surface area contributed by atoms with E-state index in [9.17, 15) is 9.18 Å². The van der Waals surface area contributed by atoms with Gasteiger partial charge in [0.25, 0.3) is 0 Å². The number of aromatic nitrogens is 2. The summed E-state index contributed by atoms with van der Waals surface area (Å²) in [4.78, 5) is 14.7. The number of nitrogens with zero attached hydrogens (tertiary/aromatic N) is 3. The number of amides is 1. The number of carbonyl (C=O) groups excluding carboxylic acids is 1. The molecule has 1 saturated heterocycles. The molecule has 148 valence electrons. The van der Waals surface area contributed by atoms with E-state index in [1.54, 1.807) is 6.07 Å². The minimum Gasteiger partial charge on any atom is -0.378 e. The Balaban J connectivity index is 1.49. The predicted molar refractivity (Wildman–Crippen MR) is 108 cm³/mol. The average molecular weight is 466 g/mol. The summed E-state index contributed by atoms with van der Waals surface area (Å²) in [6.07, 6.45) is 1.23. The van der Waals surface area contributed by atoms with Crippen LogP contribution in [0.3, 0.4) is 0 Å². The molecule has 1 saturated carbocycles. The highest BCUT2D eigenvalue weighted by atomic mass is 79.9. The summed E-state index contributed by atoms with van der Waals surface area (Å²) in [7, 11) is 1.93. The quantitative estimate of drug-likeness (QED) is 0.652. The van der Waals surface area contributed by atoms with E-state index in [1.807, 2.05) is 22.6 Å². The second-order valence-electron chi connectivity index (χ2n) is 7.97. The van der Waals surface area contributed by atoms with Crippen molar-refractivity contribution in [2.24, 2.45) is 7.05 Å². The molecule has 3 heterocycles. The Morgan fingerprint density at radius 2 is 2.14 bits per heavy atom. The lowest BCUT2D eigenvalue weighted by Gasteiger charge is -2.27. The lowest BCUT2D eigenvalue weighted by Crippen LogP contribution is -2.41. The third-order valence-corrected chi connectivity index (χ3v) is 7.49. The van der Waals surface area contributed by atoms with Gasteiger partial charge in [-0.05, 0) is 42.4 Å². The summed E-state index contributed by atoms with van der Waals surface area (Å²) in [5.41, 5.74) is 2.61. The van der Waals surface area contributed by atoms with Crippen molar-refractivity contribution < 1.29 is 13.9 Å². The van der Waals surface area contributed by atoms with Crippen molar-refractivity contribution in [3.05, 3.63) is 50.2 Å². The maximum Gasteiger partial charge on any atom is 0.228 e. The van der Waals surface area contributed by atoms with E-state index < -0.39 is 0 Å². The van der Waals surface area contributed by atoms with Gasteiger partial charge in [-0.1, -0.05) is 15.9 Å². The van der Waals surface area contributed by atoms with Crippen LogP contribution in [0, 0.1) is 10.6 Å². The van der Waals surface area contributed by atoms with E-state index in [0.717, 1.165) is 27.8 Å². The van der Waals surface area contributed by atoms with Crippen LogP contribution in [0.15, 0.2) is 22.7 Å². The third kappa shape index (κ3) is 2.64. The topological polar surface area (TPSA) is 39.4 Å². The van der Waals surface area contributed by atoms with Gasteiger partial charge < -0.3 is 18.8 Å². The maximum atomic E-state index is 14.6. The van der Waals surface area contributed by atoms with Crippen LogP contribution in [0.2, 0.25) is 0 Å². The van der Waals surface area contributed by atoms with Crippen molar-refractivity contribution in [1.82, 2.24) is 14.0 Å².